The van der Waals surface area contributed by atoms with Crippen molar-refractivity contribution in [3.8, 4) is 34.5 Å². The lowest BCUT2D eigenvalue weighted by Gasteiger charge is -2.17. The summed E-state index contributed by atoms with van der Waals surface area (Å²) in [5.74, 6) is 1.35. The summed E-state index contributed by atoms with van der Waals surface area (Å²) in [7, 11) is 7.47. The minimum Gasteiger partial charge on any atom is -0.504 e. The van der Waals surface area contributed by atoms with Gasteiger partial charge in [-0.05, 0) is 64.7 Å². The Morgan fingerprint density at radius 2 is 1.28 bits per heavy atom. The van der Waals surface area contributed by atoms with Crippen LogP contribution in [0.1, 0.15) is 16.7 Å². The van der Waals surface area contributed by atoms with Crippen molar-refractivity contribution >= 4 is 11.6 Å². The quantitative estimate of drug-likeness (QED) is 0.488. The molecule has 0 atom stereocenters. The second-order valence-corrected chi connectivity index (χ2v) is 6.75. The van der Waals surface area contributed by atoms with Gasteiger partial charge in [0.05, 0.1) is 35.5 Å². The van der Waals surface area contributed by atoms with Crippen molar-refractivity contribution in [1.29, 1.82) is 0 Å². The number of hydrogen-bond donors (Lipinski definition) is 1. The molecule has 168 valence electrons. The highest BCUT2D eigenvalue weighted by atomic mass is 19.1. The van der Waals surface area contributed by atoms with Gasteiger partial charge in [-0.3, -0.25) is 0 Å². The Morgan fingerprint density at radius 1 is 0.688 bits per heavy atom. The third-order valence-corrected chi connectivity index (χ3v) is 4.95. The Morgan fingerprint density at radius 3 is 1.78 bits per heavy atom. The first-order valence-corrected chi connectivity index (χ1v) is 9.68. The van der Waals surface area contributed by atoms with Crippen LogP contribution in [-0.2, 0) is 0 Å². The normalized spacial score (nSPS) is 11.1. The summed E-state index contributed by atoms with van der Waals surface area (Å²) < 4.78 is 41.1. The first-order valence-electron chi connectivity index (χ1n) is 9.68. The fourth-order valence-electron chi connectivity index (χ4n) is 3.37. The number of ether oxygens (including phenoxy) is 5. The average molecular weight is 440 g/mol. The van der Waals surface area contributed by atoms with E-state index in [4.69, 9.17) is 23.7 Å². The highest BCUT2D eigenvalue weighted by Crippen LogP contribution is 2.42. The molecular formula is C25H25FO6. The molecule has 0 radical (unpaired) electrons. The molecule has 0 aliphatic rings. The van der Waals surface area contributed by atoms with Crippen LogP contribution in [0.2, 0.25) is 0 Å². The predicted octanol–water partition coefficient (Wildman–Crippen LogP) is 5.16. The number of benzene rings is 3. The minimum absolute atomic E-state index is 0.00796. The number of methoxy groups -OCH3 is 5. The van der Waals surface area contributed by atoms with Crippen LogP contribution in [0.3, 0.4) is 0 Å². The van der Waals surface area contributed by atoms with Crippen molar-refractivity contribution in [2.24, 2.45) is 0 Å². The Labute approximate surface area is 186 Å². The summed E-state index contributed by atoms with van der Waals surface area (Å²) in [6.45, 7) is 0. The molecule has 0 saturated heterocycles. The van der Waals surface area contributed by atoms with E-state index in [9.17, 15) is 9.50 Å². The molecule has 0 amide bonds. The van der Waals surface area contributed by atoms with E-state index in [2.05, 4.69) is 0 Å². The van der Waals surface area contributed by atoms with Crippen LogP contribution in [0.25, 0.3) is 11.6 Å². The van der Waals surface area contributed by atoms with E-state index in [0.29, 0.717) is 45.3 Å². The van der Waals surface area contributed by atoms with Gasteiger partial charge in [0.1, 0.15) is 0 Å². The number of rotatable bonds is 8. The smallest absolute Gasteiger partial charge is 0.203 e. The highest BCUT2D eigenvalue weighted by molar-refractivity contribution is 5.93. The lowest BCUT2D eigenvalue weighted by atomic mass is 9.94. The number of hydrogen-bond acceptors (Lipinski definition) is 6. The van der Waals surface area contributed by atoms with Crippen molar-refractivity contribution in [2.45, 2.75) is 0 Å². The summed E-state index contributed by atoms with van der Waals surface area (Å²) in [4.78, 5) is 0. The second-order valence-electron chi connectivity index (χ2n) is 6.75. The first-order chi connectivity index (χ1) is 15.4. The van der Waals surface area contributed by atoms with Crippen LogP contribution in [0.4, 0.5) is 4.39 Å². The van der Waals surface area contributed by atoms with Crippen LogP contribution < -0.4 is 23.7 Å². The predicted molar refractivity (Wildman–Crippen MR) is 121 cm³/mol. The van der Waals surface area contributed by atoms with Crippen molar-refractivity contribution in [3.05, 3.63) is 71.0 Å². The largest absolute Gasteiger partial charge is 0.504 e. The summed E-state index contributed by atoms with van der Waals surface area (Å²) >= 11 is 0. The lowest BCUT2D eigenvalue weighted by molar-refractivity contribution is 0.324. The first kappa shape index (κ1) is 22.8. The van der Waals surface area contributed by atoms with E-state index >= 15 is 0 Å². The Balaban J connectivity index is 2.26. The van der Waals surface area contributed by atoms with Crippen molar-refractivity contribution in [1.82, 2.24) is 0 Å². The van der Waals surface area contributed by atoms with Crippen LogP contribution in [0, 0.1) is 5.82 Å². The van der Waals surface area contributed by atoms with Gasteiger partial charge in [-0.2, -0.15) is 0 Å². The zero-order valence-corrected chi connectivity index (χ0v) is 18.6. The van der Waals surface area contributed by atoms with Crippen molar-refractivity contribution < 1.29 is 33.2 Å². The maximum Gasteiger partial charge on any atom is 0.203 e. The number of halogens is 1. The van der Waals surface area contributed by atoms with Crippen molar-refractivity contribution in [2.75, 3.05) is 35.5 Å². The molecule has 0 aliphatic heterocycles. The Kier molecular flexibility index (Phi) is 7.10. The minimum atomic E-state index is -0.499. The molecule has 32 heavy (non-hydrogen) atoms. The van der Waals surface area contributed by atoms with E-state index in [1.807, 2.05) is 6.08 Å². The van der Waals surface area contributed by atoms with Gasteiger partial charge in [0.2, 0.25) is 5.75 Å². The second kappa shape index (κ2) is 9.96. The molecule has 0 saturated carbocycles. The molecular weight excluding hydrogens is 415 g/mol. The standard InChI is InChI=1S/C25H25FO6/c1-28-21-9-7-16(12-19(21)26)18(10-15-6-8-22(29-2)20(27)11-15)17-13-23(30-3)25(32-5)24(14-17)31-4/h6-14,27H,1-5H3/b18-10-. The van der Waals surface area contributed by atoms with Crippen LogP contribution >= 0.6 is 0 Å². The summed E-state index contributed by atoms with van der Waals surface area (Å²) in [5, 5.41) is 10.2. The third kappa shape index (κ3) is 4.56. The summed E-state index contributed by atoms with van der Waals surface area (Å²) in [6.07, 6.45) is 1.82. The molecule has 3 rings (SSSR count). The third-order valence-electron chi connectivity index (χ3n) is 4.95. The van der Waals surface area contributed by atoms with E-state index in [1.54, 1.807) is 42.5 Å². The molecule has 6 nitrogen and oxygen atoms in total. The number of aromatic hydroxyl groups is 1. The molecule has 0 unspecified atom stereocenters. The summed E-state index contributed by atoms with van der Waals surface area (Å²) in [5.41, 5.74) is 2.63. The lowest BCUT2D eigenvalue weighted by Crippen LogP contribution is -1.98. The van der Waals surface area contributed by atoms with Crippen LogP contribution in [0.5, 0.6) is 34.5 Å². The zero-order valence-electron chi connectivity index (χ0n) is 18.6. The van der Waals surface area contributed by atoms with Gasteiger partial charge >= 0.3 is 0 Å². The number of phenolic OH excluding ortho intramolecular Hbond substituents is 1. The molecule has 0 aliphatic carbocycles. The molecule has 7 heteroatoms. The van der Waals surface area contributed by atoms with Gasteiger partial charge in [-0.25, -0.2) is 4.39 Å². The van der Waals surface area contributed by atoms with Crippen LogP contribution in [-0.4, -0.2) is 40.7 Å². The number of phenols is 1. The molecule has 3 aromatic rings. The maximum absolute atomic E-state index is 14.6. The maximum atomic E-state index is 14.6. The van der Waals surface area contributed by atoms with Gasteiger partial charge in [0.25, 0.3) is 0 Å². The van der Waals surface area contributed by atoms with E-state index < -0.39 is 5.82 Å². The molecule has 1 N–H and O–H groups in total. The van der Waals surface area contributed by atoms with E-state index in [0.717, 1.165) is 0 Å². The molecule has 3 aromatic carbocycles. The molecule has 0 heterocycles. The fourth-order valence-corrected chi connectivity index (χ4v) is 3.37. The zero-order chi connectivity index (χ0) is 23.3. The molecule has 0 spiro atoms. The molecule has 0 fully saturated rings. The topological polar surface area (TPSA) is 66.4 Å². The van der Waals surface area contributed by atoms with Gasteiger partial charge in [0.15, 0.2) is 34.6 Å². The van der Waals surface area contributed by atoms with Crippen LogP contribution in [0.15, 0.2) is 48.5 Å². The molecule has 0 bridgehead atoms. The highest BCUT2D eigenvalue weighted by Gasteiger charge is 2.17. The Bertz CT molecular complexity index is 1110. The Hall–Kier alpha value is -3.87. The average Bonchev–Trinajstić information content (AvgIpc) is 2.81. The van der Waals surface area contributed by atoms with E-state index in [1.165, 1.54) is 41.6 Å². The summed E-state index contributed by atoms with van der Waals surface area (Å²) in [6, 6.07) is 13.3. The van der Waals surface area contributed by atoms with Gasteiger partial charge in [-0.1, -0.05) is 12.1 Å². The van der Waals surface area contributed by atoms with Crippen molar-refractivity contribution in [3.63, 3.8) is 0 Å². The van der Waals surface area contributed by atoms with Gasteiger partial charge < -0.3 is 28.8 Å². The molecule has 0 aromatic heterocycles. The van der Waals surface area contributed by atoms with E-state index in [-0.39, 0.29) is 11.5 Å². The van der Waals surface area contributed by atoms with Gasteiger partial charge in [0, 0.05) is 0 Å². The monoisotopic (exact) mass is 440 g/mol. The fraction of sp³-hybridized carbons (Fsp3) is 0.200. The SMILES string of the molecule is COc1ccc(/C=C(/c2ccc(OC)c(F)c2)c2cc(OC)c(OC)c(OC)c2)cc1O. The van der Waals surface area contributed by atoms with Gasteiger partial charge in [-0.15, -0.1) is 0 Å².